The van der Waals surface area contributed by atoms with Gasteiger partial charge >= 0.3 is 0 Å². The molecule has 0 saturated carbocycles. The molecule has 2 heterocycles. The highest BCUT2D eigenvalue weighted by atomic mass is 16.3. The number of ketones is 1. The highest BCUT2D eigenvalue weighted by Gasteiger charge is 2.07. The van der Waals surface area contributed by atoms with E-state index in [9.17, 15) is 4.79 Å². The van der Waals surface area contributed by atoms with Gasteiger partial charge in [0.1, 0.15) is 11.5 Å². The van der Waals surface area contributed by atoms with E-state index < -0.39 is 0 Å². The molecule has 0 fully saturated rings. The molecule has 0 bridgehead atoms. The lowest BCUT2D eigenvalue weighted by Gasteiger charge is -1.97. The van der Waals surface area contributed by atoms with Crippen LogP contribution in [0, 0.1) is 0 Å². The van der Waals surface area contributed by atoms with E-state index in [2.05, 4.69) is 5.10 Å². The second-order valence-electron chi connectivity index (χ2n) is 4.00. The van der Waals surface area contributed by atoms with Crippen LogP contribution in [0.15, 0.2) is 35.2 Å². The summed E-state index contributed by atoms with van der Waals surface area (Å²) in [4.78, 5) is 11.7. The quantitative estimate of drug-likeness (QED) is 0.767. The fourth-order valence-electron chi connectivity index (χ4n) is 1.70. The molecule has 4 nitrogen and oxygen atoms in total. The average molecular weight is 232 g/mol. The Labute approximate surface area is 100 Å². The fourth-order valence-corrected chi connectivity index (χ4v) is 1.70. The first-order chi connectivity index (χ1) is 8.28. The molecule has 17 heavy (non-hydrogen) atoms. The maximum atomic E-state index is 11.7. The minimum absolute atomic E-state index is 0.219. The summed E-state index contributed by atoms with van der Waals surface area (Å²) in [6.07, 6.45) is 6.96. The van der Waals surface area contributed by atoms with Gasteiger partial charge in [-0.05, 0) is 24.6 Å². The zero-order valence-electron chi connectivity index (χ0n) is 9.93. The van der Waals surface area contributed by atoms with E-state index in [1.807, 2.05) is 29.9 Å². The molecule has 0 amide bonds. The first-order valence-corrected chi connectivity index (χ1v) is 5.83. The van der Waals surface area contributed by atoms with Gasteiger partial charge in [-0.15, -0.1) is 0 Å². The van der Waals surface area contributed by atoms with Crippen molar-refractivity contribution < 1.29 is 9.21 Å². The van der Waals surface area contributed by atoms with Crippen molar-refractivity contribution in [2.24, 2.45) is 0 Å². The molecule has 0 aliphatic rings. The molecule has 90 valence electrons. The number of carbonyl (C=O) groups excluding carboxylic acids is 1. The van der Waals surface area contributed by atoms with Crippen LogP contribution >= 0.6 is 0 Å². The summed E-state index contributed by atoms with van der Waals surface area (Å²) in [5.74, 6) is 1.08. The maximum Gasteiger partial charge on any atom is 0.137 e. The van der Waals surface area contributed by atoms with E-state index in [4.69, 9.17) is 4.42 Å². The molecule has 0 N–H and O–H groups in total. The Kier molecular flexibility index (Phi) is 3.75. The summed E-state index contributed by atoms with van der Waals surface area (Å²) in [6, 6.07) is 3.73. The van der Waals surface area contributed by atoms with Crippen LogP contribution in [0.25, 0.3) is 0 Å². The molecule has 0 unspecified atom stereocenters. The van der Waals surface area contributed by atoms with Crippen LogP contribution in [0.5, 0.6) is 0 Å². The van der Waals surface area contributed by atoms with Crippen molar-refractivity contribution in [3.8, 4) is 0 Å². The lowest BCUT2D eigenvalue weighted by Crippen LogP contribution is -2.03. The fraction of sp³-hybridized carbons (Fsp3) is 0.385. The molecule has 0 aliphatic carbocycles. The highest BCUT2D eigenvalue weighted by molar-refractivity contribution is 5.80. The number of rotatable bonds is 6. The van der Waals surface area contributed by atoms with E-state index in [1.165, 1.54) is 0 Å². The molecule has 0 aliphatic heterocycles. The van der Waals surface area contributed by atoms with Crippen molar-refractivity contribution in [2.45, 2.75) is 32.7 Å². The first kappa shape index (κ1) is 11.6. The summed E-state index contributed by atoms with van der Waals surface area (Å²) < 4.78 is 7.02. The minimum atomic E-state index is 0.219. The van der Waals surface area contributed by atoms with E-state index >= 15 is 0 Å². The average Bonchev–Trinajstić information content (AvgIpc) is 2.97. The third-order valence-corrected chi connectivity index (χ3v) is 2.64. The number of carbonyl (C=O) groups is 1. The molecule has 2 aromatic rings. The van der Waals surface area contributed by atoms with E-state index in [0.29, 0.717) is 19.3 Å². The Morgan fingerprint density at radius 2 is 2.41 bits per heavy atom. The van der Waals surface area contributed by atoms with Crippen molar-refractivity contribution >= 4 is 5.78 Å². The summed E-state index contributed by atoms with van der Waals surface area (Å²) in [5.41, 5.74) is 0.983. The standard InChI is InChI=1S/C13H16N2O2/c1-2-15-10-11(9-14-15)8-12(16)5-6-13-4-3-7-17-13/h3-4,7,9-10H,2,5-6,8H2,1H3. The lowest BCUT2D eigenvalue weighted by atomic mass is 10.1. The molecular formula is C13H16N2O2. The number of furan rings is 1. The molecular weight excluding hydrogens is 216 g/mol. The molecule has 2 aromatic heterocycles. The van der Waals surface area contributed by atoms with Gasteiger partial charge in [-0.25, -0.2) is 0 Å². The molecule has 2 rings (SSSR count). The monoisotopic (exact) mass is 232 g/mol. The van der Waals surface area contributed by atoms with Gasteiger partial charge in [-0.3, -0.25) is 9.48 Å². The largest absolute Gasteiger partial charge is 0.469 e. The van der Waals surface area contributed by atoms with Gasteiger partial charge in [-0.2, -0.15) is 5.10 Å². The Morgan fingerprint density at radius 1 is 1.53 bits per heavy atom. The number of nitrogens with zero attached hydrogens (tertiary/aromatic N) is 2. The van der Waals surface area contributed by atoms with Crippen molar-refractivity contribution in [2.75, 3.05) is 0 Å². The minimum Gasteiger partial charge on any atom is -0.469 e. The van der Waals surface area contributed by atoms with Crippen molar-refractivity contribution in [1.82, 2.24) is 9.78 Å². The smallest absolute Gasteiger partial charge is 0.137 e. The van der Waals surface area contributed by atoms with Crippen LogP contribution in [0.3, 0.4) is 0 Å². The van der Waals surface area contributed by atoms with Gasteiger partial charge in [0, 0.05) is 32.0 Å². The highest BCUT2D eigenvalue weighted by Crippen LogP contribution is 2.07. The Hall–Kier alpha value is -1.84. The molecule has 0 aromatic carbocycles. The summed E-state index contributed by atoms with van der Waals surface area (Å²) in [7, 11) is 0. The van der Waals surface area contributed by atoms with E-state index in [-0.39, 0.29) is 5.78 Å². The number of hydrogen-bond donors (Lipinski definition) is 0. The molecule has 0 radical (unpaired) electrons. The second-order valence-corrected chi connectivity index (χ2v) is 4.00. The maximum absolute atomic E-state index is 11.7. The zero-order chi connectivity index (χ0) is 12.1. The van der Waals surface area contributed by atoms with Crippen LogP contribution in [0.2, 0.25) is 0 Å². The third kappa shape index (κ3) is 3.31. The number of hydrogen-bond acceptors (Lipinski definition) is 3. The summed E-state index contributed by atoms with van der Waals surface area (Å²) in [6.45, 7) is 2.86. The lowest BCUT2D eigenvalue weighted by molar-refractivity contribution is -0.118. The molecule has 0 spiro atoms. The Bertz CT molecular complexity index is 471. The van der Waals surface area contributed by atoms with Crippen molar-refractivity contribution in [3.05, 3.63) is 42.1 Å². The van der Waals surface area contributed by atoms with Crippen LogP contribution in [0.4, 0.5) is 0 Å². The van der Waals surface area contributed by atoms with Gasteiger partial charge in [0.05, 0.1) is 12.5 Å². The zero-order valence-corrected chi connectivity index (χ0v) is 9.93. The Balaban J connectivity index is 1.81. The molecule has 0 atom stereocenters. The summed E-state index contributed by atoms with van der Waals surface area (Å²) in [5, 5.41) is 4.14. The SMILES string of the molecule is CCn1cc(CC(=O)CCc2ccco2)cn1. The van der Waals surface area contributed by atoms with Crippen molar-refractivity contribution in [3.63, 3.8) is 0 Å². The summed E-state index contributed by atoms with van der Waals surface area (Å²) >= 11 is 0. The van der Waals surface area contributed by atoms with Crippen LogP contribution in [-0.2, 0) is 24.2 Å². The van der Waals surface area contributed by atoms with Gasteiger partial charge in [0.2, 0.25) is 0 Å². The predicted molar refractivity (Wildman–Crippen MR) is 63.6 cm³/mol. The van der Waals surface area contributed by atoms with Crippen LogP contribution in [0.1, 0.15) is 24.7 Å². The van der Waals surface area contributed by atoms with Crippen LogP contribution in [-0.4, -0.2) is 15.6 Å². The number of Topliss-reactive ketones (excluding diaryl/α,β-unsaturated/α-hetero) is 1. The predicted octanol–water partition coefficient (Wildman–Crippen LogP) is 2.24. The third-order valence-electron chi connectivity index (χ3n) is 2.64. The van der Waals surface area contributed by atoms with Crippen LogP contribution < -0.4 is 0 Å². The first-order valence-electron chi connectivity index (χ1n) is 5.83. The molecule has 0 saturated heterocycles. The topological polar surface area (TPSA) is 48.0 Å². The van der Waals surface area contributed by atoms with E-state index in [1.54, 1.807) is 12.5 Å². The van der Waals surface area contributed by atoms with E-state index in [0.717, 1.165) is 17.9 Å². The normalized spacial score (nSPS) is 10.6. The number of aryl methyl sites for hydroxylation is 2. The molecule has 4 heteroatoms. The van der Waals surface area contributed by atoms with Gasteiger partial charge in [-0.1, -0.05) is 0 Å². The second kappa shape index (κ2) is 5.48. The van der Waals surface area contributed by atoms with Crippen molar-refractivity contribution in [1.29, 1.82) is 0 Å². The van der Waals surface area contributed by atoms with Gasteiger partial charge < -0.3 is 4.42 Å². The Morgan fingerprint density at radius 3 is 3.06 bits per heavy atom. The van der Waals surface area contributed by atoms with Gasteiger partial charge in [0.25, 0.3) is 0 Å². The van der Waals surface area contributed by atoms with Gasteiger partial charge in [0.15, 0.2) is 0 Å². The number of aromatic nitrogens is 2.